The van der Waals surface area contributed by atoms with Crippen LogP contribution < -0.4 is 4.74 Å². The van der Waals surface area contributed by atoms with Crippen LogP contribution in [0.15, 0.2) is 18.5 Å². The number of hydrogen-bond acceptors (Lipinski definition) is 3. The zero-order chi connectivity index (χ0) is 22.0. The first kappa shape index (κ1) is 22.2. The van der Waals surface area contributed by atoms with Gasteiger partial charge in [-0.25, -0.2) is 4.98 Å². The Labute approximate surface area is 173 Å². The summed E-state index contributed by atoms with van der Waals surface area (Å²) in [7, 11) is 7.91. The number of ether oxygens (including phenoxy) is 1. The lowest BCUT2D eigenvalue weighted by atomic mass is 9.32. The van der Waals surface area contributed by atoms with Crippen LogP contribution in [0.1, 0.15) is 45.2 Å². The third-order valence-electron chi connectivity index (χ3n) is 7.06. The van der Waals surface area contributed by atoms with Gasteiger partial charge < -0.3 is 14.4 Å². The third-order valence-corrected chi connectivity index (χ3v) is 7.06. The molecule has 11 heteroatoms. The smallest absolute Gasteiger partial charge is 0.418 e. The Morgan fingerprint density at radius 1 is 1.21 bits per heavy atom. The number of aliphatic hydroxyl groups is 1. The van der Waals surface area contributed by atoms with Crippen molar-refractivity contribution in [2.75, 3.05) is 0 Å². The molecule has 1 aromatic carbocycles. The van der Waals surface area contributed by atoms with Crippen LogP contribution in [-0.4, -0.2) is 57.0 Å². The van der Waals surface area contributed by atoms with E-state index in [1.165, 1.54) is 6.33 Å². The molecule has 1 heterocycles. The second-order valence-corrected chi connectivity index (χ2v) is 10.0. The molecule has 29 heavy (non-hydrogen) atoms. The van der Waals surface area contributed by atoms with Crippen molar-refractivity contribution >= 4 is 42.4 Å². The molecule has 4 nitrogen and oxygen atoms in total. The van der Waals surface area contributed by atoms with Crippen molar-refractivity contribution in [3.8, 4) is 5.75 Å². The Morgan fingerprint density at radius 2 is 1.79 bits per heavy atom. The fraction of sp³-hybridized carbons (Fsp3) is 0.611. The van der Waals surface area contributed by atoms with Crippen LogP contribution in [0.2, 0.25) is 5.21 Å². The molecule has 0 saturated heterocycles. The third kappa shape index (κ3) is 3.94. The highest BCUT2D eigenvalue weighted by atomic mass is 19.4. The highest BCUT2D eigenvalue weighted by Gasteiger charge is 2.43. The molecule has 3 rings (SSSR count). The average Bonchev–Trinajstić information content (AvgIpc) is 2.93. The van der Waals surface area contributed by atoms with E-state index in [9.17, 15) is 18.3 Å². The van der Waals surface area contributed by atoms with Gasteiger partial charge in [0.2, 0.25) is 0 Å². The molecule has 0 atom stereocenters. The Kier molecular flexibility index (Phi) is 5.17. The first-order chi connectivity index (χ1) is 13.1. The number of rotatable bonds is 5. The van der Waals surface area contributed by atoms with Crippen LogP contribution in [0.5, 0.6) is 5.75 Å². The number of benzene rings is 1. The molecular formula is C18H27B4F3N2O2. The summed E-state index contributed by atoms with van der Waals surface area (Å²) in [5, 5.41) is 9.05. The van der Waals surface area contributed by atoms with Crippen molar-refractivity contribution in [1.29, 1.82) is 0 Å². The van der Waals surface area contributed by atoms with Crippen LogP contribution in [-0.2, 0) is 6.18 Å². The maximum atomic E-state index is 13.9. The fourth-order valence-corrected chi connectivity index (χ4v) is 3.97. The van der Waals surface area contributed by atoms with E-state index in [1.807, 2.05) is 15.7 Å². The predicted molar refractivity (Wildman–Crippen MR) is 119 cm³/mol. The molecule has 1 saturated carbocycles. The van der Waals surface area contributed by atoms with Gasteiger partial charge in [0.25, 0.3) is 0 Å². The topological polar surface area (TPSA) is 47.3 Å². The van der Waals surface area contributed by atoms with Gasteiger partial charge >= 0.3 is 6.18 Å². The van der Waals surface area contributed by atoms with E-state index in [1.54, 1.807) is 17.6 Å². The Hall–Kier alpha value is -1.50. The number of hydrogen-bond donors (Lipinski definition) is 1. The van der Waals surface area contributed by atoms with Crippen molar-refractivity contribution < 1.29 is 23.0 Å². The highest BCUT2D eigenvalue weighted by Crippen LogP contribution is 2.46. The molecular weight excluding hydrogens is 376 g/mol. The zero-order valence-corrected chi connectivity index (χ0v) is 18.2. The van der Waals surface area contributed by atoms with E-state index in [-0.39, 0.29) is 34.0 Å². The summed E-state index contributed by atoms with van der Waals surface area (Å²) in [6, 6.07) is 2.46. The number of fused-ring (bicyclic) bond motifs is 1. The monoisotopic (exact) mass is 404 g/mol. The summed E-state index contributed by atoms with van der Waals surface area (Å²) in [6.45, 7) is 5.84. The molecule has 0 unspecified atom stereocenters. The minimum atomic E-state index is -4.54. The average molecular weight is 404 g/mol. The van der Waals surface area contributed by atoms with Crippen LogP contribution in [0.25, 0.3) is 11.0 Å². The van der Waals surface area contributed by atoms with Crippen molar-refractivity contribution in [2.45, 2.75) is 62.0 Å². The van der Waals surface area contributed by atoms with E-state index in [4.69, 9.17) is 4.74 Å². The lowest BCUT2D eigenvalue weighted by Gasteiger charge is -2.46. The van der Waals surface area contributed by atoms with Crippen molar-refractivity contribution in [2.24, 2.45) is 5.92 Å². The maximum absolute atomic E-state index is 13.9. The van der Waals surface area contributed by atoms with E-state index in [2.05, 4.69) is 34.5 Å². The zero-order valence-electron chi connectivity index (χ0n) is 18.2. The molecule has 0 spiro atoms. The highest BCUT2D eigenvalue weighted by molar-refractivity contribution is 6.53. The van der Waals surface area contributed by atoms with Crippen LogP contribution in [0, 0.1) is 5.92 Å². The summed E-state index contributed by atoms with van der Waals surface area (Å²) >= 11 is 0. The molecule has 154 valence electrons. The van der Waals surface area contributed by atoms with Gasteiger partial charge in [-0.2, -0.15) is 13.2 Å². The maximum Gasteiger partial charge on any atom is 0.418 e. The number of halogens is 3. The fourth-order valence-electron chi connectivity index (χ4n) is 3.97. The summed E-state index contributed by atoms with van der Waals surface area (Å²) in [5.41, 5.74) is -1.30. The van der Waals surface area contributed by atoms with E-state index in [0.29, 0.717) is 12.8 Å². The number of imidazole rings is 1. The van der Waals surface area contributed by atoms with Gasteiger partial charge in [-0.15, -0.1) is 0 Å². The minimum absolute atomic E-state index is 0.0475. The van der Waals surface area contributed by atoms with Crippen LogP contribution in [0.3, 0.4) is 0 Å². The van der Waals surface area contributed by atoms with E-state index >= 15 is 0 Å². The van der Waals surface area contributed by atoms with Gasteiger partial charge in [-0.05, 0) is 25.8 Å². The second-order valence-electron chi connectivity index (χ2n) is 10.0. The second kappa shape index (κ2) is 6.76. The molecule has 0 amide bonds. The first-order valence-corrected chi connectivity index (χ1v) is 10.0. The normalized spacial score (nSPS) is 23.4. The van der Waals surface area contributed by atoms with Gasteiger partial charge in [-0.1, -0.05) is 25.0 Å². The van der Waals surface area contributed by atoms with E-state index in [0.717, 1.165) is 6.07 Å². The quantitative estimate of drug-likeness (QED) is 0.739. The SMILES string of the molecule is BC(B)(Oc1cc(C(F)(F)F)c2c(c1)ncn2[C@H]1C[C@](C)(O)C1)C(B)(B)C(C)C. The number of aromatic nitrogens is 2. The van der Waals surface area contributed by atoms with E-state index < -0.39 is 22.7 Å². The van der Waals surface area contributed by atoms with Gasteiger partial charge in [-0.3, -0.25) is 0 Å². The van der Waals surface area contributed by atoms with Gasteiger partial charge in [0.15, 0.2) is 0 Å². The first-order valence-electron chi connectivity index (χ1n) is 10.0. The largest absolute Gasteiger partial charge is 0.506 e. The molecule has 1 aliphatic rings. The molecule has 0 bridgehead atoms. The molecule has 0 aliphatic heterocycles. The predicted octanol–water partition coefficient (Wildman–Crippen LogP) is 0.478. The molecule has 2 aromatic rings. The van der Waals surface area contributed by atoms with Crippen molar-refractivity contribution in [3.05, 3.63) is 24.0 Å². The molecule has 1 aromatic heterocycles. The van der Waals surface area contributed by atoms with Gasteiger partial charge in [0.1, 0.15) is 37.1 Å². The standard InChI is InChI=1S/C18H27B4F3N2O2/c1-9(2)16(19,20)18(21,22)29-11-4-12(17(23,24)25)14-13(5-11)26-8-27(14)10-6-15(3,28)7-10/h4-5,8-10,28H,6-7,19-22H2,1-3H3/t10-,15-. The summed E-state index contributed by atoms with van der Waals surface area (Å²) < 4.78 is 49.5. The Morgan fingerprint density at radius 3 is 2.28 bits per heavy atom. The van der Waals surface area contributed by atoms with Crippen LogP contribution >= 0.6 is 0 Å². The lowest BCUT2D eigenvalue weighted by molar-refractivity contribution is -0.136. The minimum Gasteiger partial charge on any atom is -0.506 e. The summed E-state index contributed by atoms with van der Waals surface area (Å²) in [6.07, 6.45) is -2.29. The Bertz CT molecular complexity index is 918. The van der Waals surface area contributed by atoms with Crippen molar-refractivity contribution in [3.63, 3.8) is 0 Å². The van der Waals surface area contributed by atoms with Gasteiger partial charge in [0, 0.05) is 17.5 Å². The lowest BCUT2D eigenvalue weighted by Crippen LogP contribution is -2.52. The summed E-state index contributed by atoms with van der Waals surface area (Å²) in [5.74, 6) is 0.434. The number of nitrogens with zero attached hydrogens (tertiary/aromatic N) is 2. The van der Waals surface area contributed by atoms with Crippen molar-refractivity contribution in [1.82, 2.24) is 9.55 Å². The summed E-state index contributed by atoms with van der Waals surface area (Å²) in [4.78, 5) is 4.23. The molecule has 0 radical (unpaired) electrons. The van der Waals surface area contributed by atoms with Crippen LogP contribution in [0.4, 0.5) is 13.2 Å². The molecule has 1 aliphatic carbocycles. The van der Waals surface area contributed by atoms with Gasteiger partial charge in [0.05, 0.1) is 28.5 Å². The molecule has 1 fully saturated rings. The number of alkyl halides is 3. The Balaban J connectivity index is 2.06. The molecule has 1 N–H and O–H groups in total.